The molecule has 0 saturated heterocycles. The Labute approximate surface area is 151 Å². The minimum Gasteiger partial charge on any atom is -0.333 e. The summed E-state index contributed by atoms with van der Waals surface area (Å²) in [7, 11) is 0. The predicted molar refractivity (Wildman–Crippen MR) is 104 cm³/mol. The standard InChI is InChI=1S/C20H21N3OS/c1-13-9-14(2)11-17(10-13)23-20(24)21-12-18-15(3)22-19(25-18)16-7-5-4-6-8-16/h4-11H,12H2,1-3H3,(H2,21,23,24). The quantitative estimate of drug-likeness (QED) is 0.690. The topological polar surface area (TPSA) is 54.0 Å². The molecule has 1 aromatic heterocycles. The first kappa shape index (κ1) is 17.2. The Morgan fingerprint density at radius 1 is 1.04 bits per heavy atom. The average molecular weight is 351 g/mol. The van der Waals surface area contributed by atoms with Crippen LogP contribution in [-0.4, -0.2) is 11.0 Å². The number of anilines is 1. The molecule has 1 heterocycles. The lowest BCUT2D eigenvalue weighted by atomic mass is 10.1. The van der Waals surface area contributed by atoms with E-state index >= 15 is 0 Å². The molecule has 2 N–H and O–H groups in total. The van der Waals surface area contributed by atoms with E-state index in [-0.39, 0.29) is 6.03 Å². The average Bonchev–Trinajstić information content (AvgIpc) is 2.94. The number of nitrogens with zero attached hydrogens (tertiary/aromatic N) is 1. The van der Waals surface area contributed by atoms with Crippen LogP contribution in [0.2, 0.25) is 0 Å². The number of urea groups is 1. The highest BCUT2D eigenvalue weighted by atomic mass is 32.1. The highest BCUT2D eigenvalue weighted by molar-refractivity contribution is 7.15. The third-order valence-corrected chi connectivity index (χ3v) is 5.01. The molecule has 0 bridgehead atoms. The number of nitrogens with one attached hydrogen (secondary N) is 2. The van der Waals surface area contributed by atoms with Crippen LogP contribution in [-0.2, 0) is 6.54 Å². The summed E-state index contributed by atoms with van der Waals surface area (Å²) in [6.07, 6.45) is 0. The number of carbonyl (C=O) groups is 1. The van der Waals surface area contributed by atoms with Gasteiger partial charge in [-0.2, -0.15) is 0 Å². The lowest BCUT2D eigenvalue weighted by Crippen LogP contribution is -2.28. The zero-order valence-corrected chi connectivity index (χ0v) is 15.4. The van der Waals surface area contributed by atoms with Crippen molar-refractivity contribution in [2.75, 3.05) is 5.32 Å². The van der Waals surface area contributed by atoms with Gasteiger partial charge in [0.15, 0.2) is 0 Å². The lowest BCUT2D eigenvalue weighted by Gasteiger charge is -2.08. The van der Waals surface area contributed by atoms with E-state index in [0.717, 1.165) is 38.0 Å². The Morgan fingerprint density at radius 3 is 2.40 bits per heavy atom. The van der Waals surface area contributed by atoms with Gasteiger partial charge < -0.3 is 10.6 Å². The van der Waals surface area contributed by atoms with Gasteiger partial charge in [0.2, 0.25) is 0 Å². The van der Waals surface area contributed by atoms with Crippen molar-refractivity contribution in [1.82, 2.24) is 10.3 Å². The number of thiazole rings is 1. The maximum Gasteiger partial charge on any atom is 0.319 e. The largest absolute Gasteiger partial charge is 0.333 e. The minimum absolute atomic E-state index is 0.209. The van der Waals surface area contributed by atoms with E-state index in [0.29, 0.717) is 6.54 Å². The summed E-state index contributed by atoms with van der Waals surface area (Å²) in [6.45, 7) is 6.47. The first-order valence-electron chi connectivity index (χ1n) is 8.16. The molecule has 3 aromatic rings. The molecule has 0 unspecified atom stereocenters. The second-order valence-corrected chi connectivity index (χ2v) is 7.16. The van der Waals surface area contributed by atoms with Gasteiger partial charge in [-0.25, -0.2) is 9.78 Å². The molecule has 4 nitrogen and oxygen atoms in total. The Morgan fingerprint density at radius 2 is 1.72 bits per heavy atom. The number of benzene rings is 2. The number of amides is 2. The molecule has 2 amide bonds. The monoisotopic (exact) mass is 351 g/mol. The van der Waals surface area contributed by atoms with E-state index < -0.39 is 0 Å². The van der Waals surface area contributed by atoms with Crippen LogP contribution in [0.25, 0.3) is 10.6 Å². The molecular weight excluding hydrogens is 330 g/mol. The molecule has 0 radical (unpaired) electrons. The Kier molecular flexibility index (Phi) is 5.14. The fraction of sp³-hybridized carbons (Fsp3) is 0.200. The minimum atomic E-state index is -0.209. The summed E-state index contributed by atoms with van der Waals surface area (Å²) in [6, 6.07) is 15.9. The molecular formula is C20H21N3OS. The van der Waals surface area contributed by atoms with Crippen molar-refractivity contribution in [2.24, 2.45) is 0 Å². The fourth-order valence-corrected chi connectivity index (χ4v) is 3.69. The summed E-state index contributed by atoms with van der Waals surface area (Å²) >= 11 is 1.61. The second kappa shape index (κ2) is 7.49. The third-order valence-electron chi connectivity index (χ3n) is 3.80. The van der Waals surface area contributed by atoms with Gasteiger partial charge in [-0.3, -0.25) is 0 Å². The van der Waals surface area contributed by atoms with Gasteiger partial charge in [-0.15, -0.1) is 11.3 Å². The van der Waals surface area contributed by atoms with E-state index in [2.05, 4.69) is 21.7 Å². The van der Waals surface area contributed by atoms with Crippen molar-refractivity contribution >= 4 is 23.1 Å². The first-order chi connectivity index (χ1) is 12.0. The zero-order chi connectivity index (χ0) is 17.8. The summed E-state index contributed by atoms with van der Waals surface area (Å²) in [5.74, 6) is 0. The van der Waals surface area contributed by atoms with Crippen LogP contribution < -0.4 is 10.6 Å². The first-order valence-corrected chi connectivity index (χ1v) is 8.98. The Bertz CT molecular complexity index is 867. The highest BCUT2D eigenvalue weighted by Crippen LogP contribution is 2.27. The molecule has 0 aliphatic rings. The van der Waals surface area contributed by atoms with Gasteiger partial charge in [0.05, 0.1) is 12.2 Å². The number of carbonyl (C=O) groups excluding carboxylic acids is 1. The molecule has 0 spiro atoms. The van der Waals surface area contributed by atoms with Crippen LogP contribution >= 0.6 is 11.3 Å². The SMILES string of the molecule is Cc1cc(C)cc(NC(=O)NCc2sc(-c3ccccc3)nc2C)c1. The summed E-state index contributed by atoms with van der Waals surface area (Å²) in [4.78, 5) is 17.8. The van der Waals surface area contributed by atoms with E-state index in [1.165, 1.54) is 0 Å². The fourth-order valence-electron chi connectivity index (χ4n) is 2.68. The summed E-state index contributed by atoms with van der Waals surface area (Å²) in [5.41, 5.74) is 5.11. The molecule has 0 aliphatic heterocycles. The number of hydrogen-bond acceptors (Lipinski definition) is 3. The van der Waals surface area contributed by atoms with Crippen molar-refractivity contribution in [3.8, 4) is 10.6 Å². The van der Waals surface area contributed by atoms with Crippen molar-refractivity contribution in [3.63, 3.8) is 0 Å². The molecule has 0 aliphatic carbocycles. The van der Waals surface area contributed by atoms with Gasteiger partial charge in [0.25, 0.3) is 0 Å². The molecule has 3 rings (SSSR count). The number of rotatable bonds is 4. The van der Waals surface area contributed by atoms with Gasteiger partial charge in [0.1, 0.15) is 5.01 Å². The van der Waals surface area contributed by atoms with Crippen molar-refractivity contribution in [2.45, 2.75) is 27.3 Å². The van der Waals surface area contributed by atoms with Crippen molar-refractivity contribution < 1.29 is 4.79 Å². The van der Waals surface area contributed by atoms with Gasteiger partial charge in [0, 0.05) is 16.1 Å². The lowest BCUT2D eigenvalue weighted by molar-refractivity contribution is 0.252. The maximum absolute atomic E-state index is 12.2. The Hall–Kier alpha value is -2.66. The van der Waals surface area contributed by atoms with E-state index in [4.69, 9.17) is 0 Å². The second-order valence-electron chi connectivity index (χ2n) is 6.08. The van der Waals surface area contributed by atoms with Crippen LogP contribution in [0.3, 0.4) is 0 Å². The molecule has 0 fully saturated rings. The highest BCUT2D eigenvalue weighted by Gasteiger charge is 2.10. The third kappa shape index (κ3) is 4.45. The molecule has 0 saturated carbocycles. The smallest absolute Gasteiger partial charge is 0.319 e. The molecule has 2 aromatic carbocycles. The number of aromatic nitrogens is 1. The van der Waals surface area contributed by atoms with E-state index in [1.807, 2.05) is 63.2 Å². The molecule has 128 valence electrons. The molecule has 0 atom stereocenters. The number of aryl methyl sites for hydroxylation is 3. The van der Waals surface area contributed by atoms with Gasteiger partial charge in [-0.05, 0) is 44.0 Å². The van der Waals surface area contributed by atoms with Gasteiger partial charge >= 0.3 is 6.03 Å². The van der Waals surface area contributed by atoms with E-state index in [1.54, 1.807) is 11.3 Å². The summed E-state index contributed by atoms with van der Waals surface area (Å²) < 4.78 is 0. The Balaban J connectivity index is 1.63. The van der Waals surface area contributed by atoms with Crippen molar-refractivity contribution in [1.29, 1.82) is 0 Å². The zero-order valence-electron chi connectivity index (χ0n) is 14.6. The van der Waals surface area contributed by atoms with Crippen LogP contribution in [0.4, 0.5) is 10.5 Å². The van der Waals surface area contributed by atoms with Crippen LogP contribution in [0.1, 0.15) is 21.7 Å². The summed E-state index contributed by atoms with van der Waals surface area (Å²) in [5, 5.41) is 6.77. The van der Waals surface area contributed by atoms with Crippen LogP contribution in [0.15, 0.2) is 48.5 Å². The molecule has 5 heteroatoms. The van der Waals surface area contributed by atoms with Crippen molar-refractivity contribution in [3.05, 3.63) is 70.2 Å². The molecule has 25 heavy (non-hydrogen) atoms. The maximum atomic E-state index is 12.2. The van der Waals surface area contributed by atoms with E-state index in [9.17, 15) is 4.79 Å². The van der Waals surface area contributed by atoms with Gasteiger partial charge in [-0.1, -0.05) is 36.4 Å². The predicted octanol–water partition coefficient (Wildman–Crippen LogP) is 5.06. The number of hydrogen-bond donors (Lipinski definition) is 2. The van der Waals surface area contributed by atoms with Crippen LogP contribution in [0.5, 0.6) is 0 Å². The normalized spacial score (nSPS) is 10.5. The van der Waals surface area contributed by atoms with Crippen LogP contribution in [0, 0.1) is 20.8 Å².